The Morgan fingerprint density at radius 2 is 2.11 bits per heavy atom. The van der Waals surface area contributed by atoms with Gasteiger partial charge in [0.1, 0.15) is 5.82 Å². The third-order valence-corrected chi connectivity index (χ3v) is 2.63. The molecule has 1 N–H and O–H groups in total. The molecule has 19 heavy (non-hydrogen) atoms. The highest BCUT2D eigenvalue weighted by molar-refractivity contribution is 6.08. The van der Waals surface area contributed by atoms with Crippen molar-refractivity contribution in [2.24, 2.45) is 0 Å². The first-order chi connectivity index (χ1) is 9.24. The van der Waals surface area contributed by atoms with Gasteiger partial charge in [-0.05, 0) is 24.3 Å². The van der Waals surface area contributed by atoms with Gasteiger partial charge in [-0.25, -0.2) is 9.50 Å². The zero-order valence-electron chi connectivity index (χ0n) is 9.75. The number of carbonyl (C=O) groups is 1. The molecule has 0 spiro atoms. The lowest BCUT2D eigenvalue weighted by molar-refractivity contribution is 0.102. The predicted octanol–water partition coefficient (Wildman–Crippen LogP) is 2.12. The third kappa shape index (κ3) is 2.15. The lowest BCUT2D eigenvalue weighted by Gasteiger charge is -2.02. The molecule has 3 aromatic heterocycles. The van der Waals surface area contributed by atoms with E-state index in [0.717, 1.165) is 0 Å². The van der Waals surface area contributed by atoms with Crippen LogP contribution >= 0.6 is 0 Å². The highest BCUT2D eigenvalue weighted by atomic mass is 19.1. The molecule has 0 bridgehead atoms. The first kappa shape index (κ1) is 11.3. The fourth-order valence-corrected chi connectivity index (χ4v) is 1.77. The number of anilines is 1. The molecular formula is C13H9FN4O. The summed E-state index contributed by atoms with van der Waals surface area (Å²) in [7, 11) is 0. The van der Waals surface area contributed by atoms with E-state index in [9.17, 15) is 9.18 Å². The second-order valence-corrected chi connectivity index (χ2v) is 3.89. The number of nitrogens with one attached hydrogen (secondary N) is 1. The van der Waals surface area contributed by atoms with Crippen molar-refractivity contribution in [1.82, 2.24) is 14.6 Å². The topological polar surface area (TPSA) is 59.3 Å². The second-order valence-electron chi connectivity index (χ2n) is 3.89. The van der Waals surface area contributed by atoms with Crippen LogP contribution in [0.2, 0.25) is 0 Å². The average Bonchev–Trinajstić information content (AvgIpc) is 2.82. The summed E-state index contributed by atoms with van der Waals surface area (Å²) >= 11 is 0. The highest BCUT2D eigenvalue weighted by Gasteiger charge is 2.12. The van der Waals surface area contributed by atoms with Crippen molar-refractivity contribution in [2.45, 2.75) is 0 Å². The van der Waals surface area contributed by atoms with Gasteiger partial charge in [0.05, 0.1) is 17.3 Å². The summed E-state index contributed by atoms with van der Waals surface area (Å²) in [5.74, 6) is -0.850. The number of carbonyl (C=O) groups excluding carboxylic acids is 1. The number of hydrogen-bond donors (Lipinski definition) is 1. The molecule has 0 saturated heterocycles. The summed E-state index contributed by atoms with van der Waals surface area (Å²) in [4.78, 5) is 15.7. The molecule has 3 aromatic rings. The fraction of sp³-hybridized carbons (Fsp3) is 0. The molecule has 0 radical (unpaired) electrons. The maximum absolute atomic E-state index is 12.9. The summed E-state index contributed by atoms with van der Waals surface area (Å²) in [5.41, 5.74) is 1.09. The summed E-state index contributed by atoms with van der Waals surface area (Å²) in [6.07, 6.45) is 3.20. The number of fused-ring (bicyclic) bond motifs is 1. The molecule has 0 aliphatic rings. The first-order valence-electron chi connectivity index (χ1n) is 5.60. The Morgan fingerprint density at radius 3 is 2.95 bits per heavy atom. The molecule has 0 saturated carbocycles. The summed E-state index contributed by atoms with van der Waals surface area (Å²) in [6, 6.07) is 9.62. The second kappa shape index (κ2) is 4.49. The Labute approximate surface area is 107 Å². The number of nitrogens with zero attached hydrogens (tertiary/aromatic N) is 3. The van der Waals surface area contributed by atoms with E-state index >= 15 is 0 Å². The van der Waals surface area contributed by atoms with E-state index in [1.807, 2.05) is 12.1 Å². The molecule has 0 fully saturated rings. The summed E-state index contributed by atoms with van der Waals surface area (Å²) < 4.78 is 14.5. The lowest BCUT2D eigenvalue weighted by Crippen LogP contribution is -2.13. The van der Waals surface area contributed by atoms with E-state index in [-0.39, 0.29) is 11.7 Å². The fourth-order valence-electron chi connectivity index (χ4n) is 1.77. The predicted molar refractivity (Wildman–Crippen MR) is 67.3 cm³/mol. The van der Waals surface area contributed by atoms with Gasteiger partial charge in [0, 0.05) is 6.20 Å². The molecule has 0 unspecified atom stereocenters. The van der Waals surface area contributed by atoms with Crippen LogP contribution in [0.1, 0.15) is 10.4 Å². The summed E-state index contributed by atoms with van der Waals surface area (Å²) in [5, 5.41) is 6.59. The number of hydrogen-bond acceptors (Lipinski definition) is 3. The monoisotopic (exact) mass is 256 g/mol. The van der Waals surface area contributed by atoms with E-state index < -0.39 is 5.95 Å². The molecule has 94 valence electrons. The van der Waals surface area contributed by atoms with E-state index in [1.54, 1.807) is 16.8 Å². The Balaban J connectivity index is 1.92. The maximum atomic E-state index is 12.9. The number of rotatable bonds is 2. The Bertz CT molecular complexity index is 753. The smallest absolute Gasteiger partial charge is 0.260 e. The molecule has 0 atom stereocenters. The van der Waals surface area contributed by atoms with Crippen LogP contribution in [-0.4, -0.2) is 20.5 Å². The van der Waals surface area contributed by atoms with Crippen LogP contribution in [0, 0.1) is 5.95 Å². The molecular weight excluding hydrogens is 247 g/mol. The van der Waals surface area contributed by atoms with E-state index in [2.05, 4.69) is 15.4 Å². The van der Waals surface area contributed by atoms with Crippen LogP contribution in [0.3, 0.4) is 0 Å². The molecule has 0 aliphatic heterocycles. The molecule has 3 heterocycles. The van der Waals surface area contributed by atoms with Crippen molar-refractivity contribution in [3.05, 3.63) is 60.3 Å². The van der Waals surface area contributed by atoms with Crippen LogP contribution in [-0.2, 0) is 0 Å². The number of amides is 1. The van der Waals surface area contributed by atoms with Gasteiger partial charge < -0.3 is 5.32 Å². The zero-order valence-corrected chi connectivity index (χ0v) is 9.75. The molecule has 3 rings (SSSR count). The molecule has 0 aliphatic carbocycles. The largest absolute Gasteiger partial charge is 0.306 e. The number of aromatic nitrogens is 3. The van der Waals surface area contributed by atoms with Crippen molar-refractivity contribution >= 4 is 17.2 Å². The number of halogens is 1. The first-order valence-corrected chi connectivity index (χ1v) is 5.60. The summed E-state index contributed by atoms with van der Waals surface area (Å²) in [6.45, 7) is 0. The Morgan fingerprint density at radius 1 is 1.21 bits per heavy atom. The minimum atomic E-state index is -0.641. The van der Waals surface area contributed by atoms with Gasteiger partial charge in [-0.1, -0.05) is 12.1 Å². The lowest BCUT2D eigenvalue weighted by atomic mass is 10.2. The van der Waals surface area contributed by atoms with Gasteiger partial charge in [0.2, 0.25) is 5.95 Å². The molecule has 5 nitrogen and oxygen atoms in total. The molecule has 0 aromatic carbocycles. The Hall–Kier alpha value is -2.76. The van der Waals surface area contributed by atoms with E-state index in [1.165, 1.54) is 24.4 Å². The quantitative estimate of drug-likeness (QED) is 0.714. The maximum Gasteiger partial charge on any atom is 0.260 e. The molecule has 6 heteroatoms. The molecule has 1 amide bonds. The van der Waals surface area contributed by atoms with E-state index in [0.29, 0.717) is 11.1 Å². The van der Waals surface area contributed by atoms with Crippen LogP contribution in [0.25, 0.3) is 5.52 Å². The minimum absolute atomic E-state index is 0.167. The van der Waals surface area contributed by atoms with Gasteiger partial charge in [-0.2, -0.15) is 9.49 Å². The average molecular weight is 256 g/mol. The van der Waals surface area contributed by atoms with Crippen molar-refractivity contribution in [3.8, 4) is 0 Å². The van der Waals surface area contributed by atoms with Gasteiger partial charge in [-0.3, -0.25) is 4.79 Å². The Kier molecular flexibility index (Phi) is 2.68. The van der Waals surface area contributed by atoms with Gasteiger partial charge in [-0.15, -0.1) is 0 Å². The van der Waals surface area contributed by atoms with Crippen molar-refractivity contribution < 1.29 is 9.18 Å². The van der Waals surface area contributed by atoms with Gasteiger partial charge in [0.25, 0.3) is 5.91 Å². The third-order valence-electron chi connectivity index (χ3n) is 2.63. The standard InChI is InChI=1S/C13H9FN4O/c14-11-5-3-6-12(16-11)17-13(19)9-8-15-18-7-2-1-4-10(9)18/h1-8H,(H,16,17,19). The zero-order chi connectivity index (χ0) is 13.2. The SMILES string of the molecule is O=C(Nc1cccc(F)n1)c1cnn2ccccc12. The van der Waals surface area contributed by atoms with Crippen molar-refractivity contribution in [1.29, 1.82) is 0 Å². The van der Waals surface area contributed by atoms with E-state index in [4.69, 9.17) is 0 Å². The minimum Gasteiger partial charge on any atom is -0.306 e. The highest BCUT2D eigenvalue weighted by Crippen LogP contribution is 2.12. The van der Waals surface area contributed by atoms with Crippen molar-refractivity contribution in [2.75, 3.05) is 5.32 Å². The number of pyridine rings is 2. The van der Waals surface area contributed by atoms with Crippen LogP contribution < -0.4 is 5.32 Å². The van der Waals surface area contributed by atoms with Crippen LogP contribution in [0.15, 0.2) is 48.8 Å². The van der Waals surface area contributed by atoms with Crippen LogP contribution in [0.4, 0.5) is 10.2 Å². The van der Waals surface area contributed by atoms with Crippen molar-refractivity contribution in [3.63, 3.8) is 0 Å². The van der Waals surface area contributed by atoms with Gasteiger partial charge in [0.15, 0.2) is 0 Å². The van der Waals surface area contributed by atoms with Gasteiger partial charge >= 0.3 is 0 Å². The normalized spacial score (nSPS) is 10.6. The van der Waals surface area contributed by atoms with Crippen LogP contribution in [0.5, 0.6) is 0 Å².